The minimum absolute atomic E-state index is 0.0599. The minimum Gasteiger partial charge on any atom is -0.515 e. The number of nitrogens with zero attached hydrogens (tertiary/aromatic N) is 4. The molecule has 1 N–H and O–H groups in total. The number of pyridine rings is 1. The number of likely N-dealkylation sites (N-methyl/N-ethyl adjacent to an activating group) is 1. The molecule has 1 amide bonds. The highest BCUT2D eigenvalue weighted by Gasteiger charge is 2.40. The summed E-state index contributed by atoms with van der Waals surface area (Å²) < 4.78 is 39.3. The summed E-state index contributed by atoms with van der Waals surface area (Å²) in [5, 5.41) is 10.0. The Kier molecular flexibility index (Phi) is 6.02. The van der Waals surface area contributed by atoms with Crippen molar-refractivity contribution in [1.29, 1.82) is 0 Å². The SMILES string of the molecule is CN=C1N(C)CC(c2ccc(Cl)nc2)N1C(=O)/C(=C/O)c1cccc(C(F)(F)F)c1. The fourth-order valence-corrected chi connectivity index (χ4v) is 3.45. The van der Waals surface area contributed by atoms with Crippen molar-refractivity contribution in [3.05, 3.63) is 70.7 Å². The molecule has 1 aliphatic rings. The number of hydrogen-bond donors (Lipinski definition) is 1. The Balaban J connectivity index is 2.03. The summed E-state index contributed by atoms with van der Waals surface area (Å²) in [4.78, 5) is 24.6. The van der Waals surface area contributed by atoms with Crippen LogP contribution < -0.4 is 0 Å². The molecule has 1 aliphatic heterocycles. The molecule has 3 rings (SSSR count). The van der Waals surface area contributed by atoms with Crippen LogP contribution in [0, 0.1) is 0 Å². The van der Waals surface area contributed by atoms with Gasteiger partial charge in [-0.1, -0.05) is 29.8 Å². The van der Waals surface area contributed by atoms with E-state index >= 15 is 0 Å². The summed E-state index contributed by atoms with van der Waals surface area (Å²) in [6, 6.07) is 6.99. The minimum atomic E-state index is -4.58. The second-order valence-electron chi connectivity index (χ2n) is 6.63. The molecule has 1 unspecified atom stereocenters. The van der Waals surface area contributed by atoms with E-state index in [1.165, 1.54) is 30.3 Å². The third kappa shape index (κ3) is 4.11. The van der Waals surface area contributed by atoms with Crippen LogP contribution in [-0.2, 0) is 11.0 Å². The molecule has 0 saturated carbocycles. The van der Waals surface area contributed by atoms with Gasteiger partial charge in [-0.15, -0.1) is 0 Å². The first-order valence-corrected chi connectivity index (χ1v) is 9.20. The van der Waals surface area contributed by atoms with Gasteiger partial charge in [0.05, 0.1) is 23.4 Å². The fraction of sp³-hybridized carbons (Fsp3) is 0.250. The Labute approximate surface area is 175 Å². The van der Waals surface area contributed by atoms with Gasteiger partial charge in [0.25, 0.3) is 5.91 Å². The van der Waals surface area contributed by atoms with Crippen LogP contribution in [0.1, 0.15) is 22.7 Å². The molecular formula is C20H18ClF3N4O2. The summed E-state index contributed by atoms with van der Waals surface area (Å²) in [5.74, 6) is -0.381. The quantitative estimate of drug-likeness (QED) is 0.444. The lowest BCUT2D eigenvalue weighted by atomic mass is 10.0. The number of hydrogen-bond acceptors (Lipinski definition) is 4. The number of aliphatic hydroxyl groups excluding tert-OH is 1. The molecule has 1 atom stereocenters. The van der Waals surface area contributed by atoms with E-state index in [0.717, 1.165) is 12.1 Å². The first kappa shape index (κ1) is 21.6. The number of guanidine groups is 1. The van der Waals surface area contributed by atoms with Crippen molar-refractivity contribution < 1.29 is 23.1 Å². The zero-order chi connectivity index (χ0) is 22.1. The molecule has 0 radical (unpaired) electrons. The molecule has 1 aromatic heterocycles. The van der Waals surface area contributed by atoms with Crippen molar-refractivity contribution in [2.45, 2.75) is 12.2 Å². The van der Waals surface area contributed by atoms with Crippen molar-refractivity contribution in [1.82, 2.24) is 14.8 Å². The lowest BCUT2D eigenvalue weighted by Gasteiger charge is -2.25. The van der Waals surface area contributed by atoms with E-state index in [0.29, 0.717) is 24.3 Å². The number of carbonyl (C=O) groups is 1. The number of carbonyl (C=O) groups excluding carboxylic acids is 1. The van der Waals surface area contributed by atoms with Crippen LogP contribution in [0.15, 0.2) is 53.8 Å². The van der Waals surface area contributed by atoms with Gasteiger partial charge in [0, 0.05) is 26.8 Å². The third-order valence-corrected chi connectivity index (χ3v) is 4.95. The first-order chi connectivity index (χ1) is 14.2. The Bertz CT molecular complexity index is 1010. The zero-order valence-electron chi connectivity index (χ0n) is 16.1. The van der Waals surface area contributed by atoms with Crippen molar-refractivity contribution >= 4 is 29.0 Å². The number of aliphatic imine (C=N–C) groups is 1. The average molecular weight is 439 g/mol. The van der Waals surface area contributed by atoms with E-state index in [9.17, 15) is 23.1 Å². The molecule has 2 aromatic rings. The van der Waals surface area contributed by atoms with Gasteiger partial charge in [0.2, 0.25) is 5.96 Å². The Morgan fingerprint density at radius 3 is 2.63 bits per heavy atom. The van der Waals surface area contributed by atoms with E-state index in [2.05, 4.69) is 9.98 Å². The molecule has 10 heteroatoms. The predicted octanol–water partition coefficient (Wildman–Crippen LogP) is 4.15. The van der Waals surface area contributed by atoms with Crippen LogP contribution >= 0.6 is 11.6 Å². The van der Waals surface area contributed by atoms with Gasteiger partial charge in [-0.3, -0.25) is 14.7 Å². The summed E-state index contributed by atoms with van der Waals surface area (Å²) in [5.41, 5.74) is -0.604. The van der Waals surface area contributed by atoms with E-state index in [1.54, 1.807) is 24.1 Å². The van der Waals surface area contributed by atoms with E-state index < -0.39 is 23.7 Å². The maximum atomic E-state index is 13.4. The molecule has 1 fully saturated rings. The molecule has 1 aromatic carbocycles. The van der Waals surface area contributed by atoms with Crippen LogP contribution in [0.4, 0.5) is 13.2 Å². The smallest absolute Gasteiger partial charge is 0.416 e. The van der Waals surface area contributed by atoms with Gasteiger partial charge in [-0.25, -0.2) is 4.98 Å². The molecule has 158 valence electrons. The summed E-state index contributed by atoms with van der Waals surface area (Å²) in [7, 11) is 3.24. The van der Waals surface area contributed by atoms with Crippen molar-refractivity contribution in [3.63, 3.8) is 0 Å². The lowest BCUT2D eigenvalue weighted by Crippen LogP contribution is -2.38. The molecule has 0 aliphatic carbocycles. The monoisotopic (exact) mass is 438 g/mol. The number of benzene rings is 1. The Hall–Kier alpha value is -3.07. The van der Waals surface area contributed by atoms with Gasteiger partial charge in [-0.2, -0.15) is 13.2 Å². The van der Waals surface area contributed by atoms with Crippen LogP contribution in [0.2, 0.25) is 5.15 Å². The number of alkyl halides is 3. The van der Waals surface area contributed by atoms with Gasteiger partial charge >= 0.3 is 6.18 Å². The predicted molar refractivity (Wildman–Crippen MR) is 107 cm³/mol. The molecule has 0 bridgehead atoms. The number of halogens is 4. The van der Waals surface area contributed by atoms with Gasteiger partial charge in [-0.05, 0) is 29.3 Å². The zero-order valence-corrected chi connectivity index (χ0v) is 16.8. The summed E-state index contributed by atoms with van der Waals surface area (Å²) >= 11 is 5.85. The highest BCUT2D eigenvalue weighted by atomic mass is 35.5. The van der Waals surface area contributed by atoms with Crippen LogP contribution in [0.25, 0.3) is 5.57 Å². The van der Waals surface area contributed by atoms with Crippen molar-refractivity contribution in [2.24, 2.45) is 4.99 Å². The summed E-state index contributed by atoms with van der Waals surface area (Å²) in [6.07, 6.45) is -2.55. The number of rotatable bonds is 3. The van der Waals surface area contributed by atoms with Gasteiger partial charge in [0.1, 0.15) is 5.15 Å². The van der Waals surface area contributed by atoms with Crippen LogP contribution in [0.3, 0.4) is 0 Å². The maximum Gasteiger partial charge on any atom is 0.416 e. The molecule has 30 heavy (non-hydrogen) atoms. The van der Waals surface area contributed by atoms with Gasteiger partial charge in [0.15, 0.2) is 0 Å². The highest BCUT2D eigenvalue weighted by Crippen LogP contribution is 2.34. The van der Waals surface area contributed by atoms with Crippen molar-refractivity contribution in [2.75, 3.05) is 20.6 Å². The number of amides is 1. The lowest BCUT2D eigenvalue weighted by molar-refractivity contribution is -0.137. The first-order valence-electron chi connectivity index (χ1n) is 8.82. The molecule has 0 spiro atoms. The fourth-order valence-electron chi connectivity index (χ4n) is 3.34. The molecule has 2 heterocycles. The van der Waals surface area contributed by atoms with Crippen LogP contribution in [-0.4, -0.2) is 52.4 Å². The summed E-state index contributed by atoms with van der Waals surface area (Å²) in [6.45, 7) is 0.378. The van der Waals surface area contributed by atoms with E-state index in [1.807, 2.05) is 0 Å². The topological polar surface area (TPSA) is 69.0 Å². The van der Waals surface area contributed by atoms with E-state index in [-0.39, 0.29) is 16.3 Å². The highest BCUT2D eigenvalue weighted by molar-refractivity contribution is 6.29. The second-order valence-corrected chi connectivity index (χ2v) is 7.02. The number of aromatic nitrogens is 1. The largest absolute Gasteiger partial charge is 0.515 e. The van der Waals surface area contributed by atoms with Crippen molar-refractivity contribution in [3.8, 4) is 0 Å². The Morgan fingerprint density at radius 2 is 2.07 bits per heavy atom. The van der Waals surface area contributed by atoms with Gasteiger partial charge < -0.3 is 10.0 Å². The second kappa shape index (κ2) is 8.35. The normalized spacial score (nSPS) is 18.9. The standard InChI is InChI=1S/C20H18ClF3N4O2/c1-25-19-27(2)10-16(13-6-7-17(21)26-9-13)28(19)18(30)15(11-29)12-4-3-5-14(8-12)20(22,23)24/h3-9,11,16,29H,10H2,1-2H3/b15-11+,25-19?. The van der Waals surface area contributed by atoms with E-state index in [4.69, 9.17) is 11.6 Å². The third-order valence-electron chi connectivity index (χ3n) is 4.73. The maximum absolute atomic E-state index is 13.4. The van der Waals surface area contributed by atoms with Crippen LogP contribution in [0.5, 0.6) is 0 Å². The number of aliphatic hydroxyl groups is 1. The average Bonchev–Trinajstić information content (AvgIpc) is 3.04. The Morgan fingerprint density at radius 1 is 1.33 bits per heavy atom. The molecule has 6 nitrogen and oxygen atoms in total. The molecule has 1 saturated heterocycles. The molecular weight excluding hydrogens is 421 g/mol.